The molecule has 0 aliphatic carbocycles. The molecular formula is C10H7F2N3O2. The lowest BCUT2D eigenvalue weighted by atomic mass is 10.1. The van der Waals surface area contributed by atoms with Gasteiger partial charge < -0.3 is 4.74 Å². The molecule has 2 aromatic rings. The average molecular weight is 239 g/mol. The summed E-state index contributed by atoms with van der Waals surface area (Å²) in [5, 5.41) is 7.49. The SMILES string of the molecule is COC(=O)c1cc(F)c(F)cc1-n1nccn1. The number of methoxy groups -OCH3 is 1. The maximum absolute atomic E-state index is 13.1. The molecular weight excluding hydrogens is 232 g/mol. The molecule has 17 heavy (non-hydrogen) atoms. The minimum absolute atomic E-state index is 0.0146. The molecule has 1 heterocycles. The zero-order valence-corrected chi connectivity index (χ0v) is 8.72. The molecule has 2 rings (SSSR count). The van der Waals surface area contributed by atoms with Crippen LogP contribution in [0.5, 0.6) is 0 Å². The number of ether oxygens (including phenoxy) is 1. The minimum atomic E-state index is -1.14. The van der Waals surface area contributed by atoms with E-state index in [1.807, 2.05) is 0 Å². The third-order valence-corrected chi connectivity index (χ3v) is 2.08. The van der Waals surface area contributed by atoms with Gasteiger partial charge in [0.25, 0.3) is 0 Å². The molecule has 0 unspecified atom stereocenters. The number of rotatable bonds is 2. The zero-order chi connectivity index (χ0) is 12.4. The number of nitrogens with zero attached hydrogens (tertiary/aromatic N) is 3. The number of hydrogen-bond donors (Lipinski definition) is 0. The second-order valence-electron chi connectivity index (χ2n) is 3.09. The molecule has 0 saturated carbocycles. The van der Waals surface area contributed by atoms with Crippen molar-refractivity contribution in [2.45, 2.75) is 0 Å². The number of benzene rings is 1. The van der Waals surface area contributed by atoms with E-state index in [2.05, 4.69) is 14.9 Å². The molecule has 0 atom stereocenters. The first kappa shape index (κ1) is 11.2. The van der Waals surface area contributed by atoms with Gasteiger partial charge in [-0.25, -0.2) is 13.6 Å². The van der Waals surface area contributed by atoms with Gasteiger partial charge in [-0.15, -0.1) is 0 Å². The first-order chi connectivity index (χ1) is 8.13. The lowest BCUT2D eigenvalue weighted by Crippen LogP contribution is -2.11. The Morgan fingerprint density at radius 1 is 1.24 bits per heavy atom. The van der Waals surface area contributed by atoms with Crippen LogP contribution < -0.4 is 0 Å². The lowest BCUT2D eigenvalue weighted by Gasteiger charge is -2.07. The van der Waals surface area contributed by atoms with Crippen LogP contribution in [-0.2, 0) is 4.74 Å². The van der Waals surface area contributed by atoms with Crippen molar-refractivity contribution in [3.05, 3.63) is 41.7 Å². The van der Waals surface area contributed by atoms with Gasteiger partial charge in [0, 0.05) is 6.07 Å². The summed E-state index contributed by atoms with van der Waals surface area (Å²) in [5.41, 5.74) is -0.136. The summed E-state index contributed by atoms with van der Waals surface area (Å²) >= 11 is 0. The van der Waals surface area contributed by atoms with Gasteiger partial charge in [-0.05, 0) is 6.07 Å². The smallest absolute Gasteiger partial charge is 0.340 e. The molecule has 0 amide bonds. The second-order valence-corrected chi connectivity index (χ2v) is 3.09. The molecule has 5 nitrogen and oxygen atoms in total. The van der Waals surface area contributed by atoms with Crippen molar-refractivity contribution >= 4 is 5.97 Å². The second kappa shape index (κ2) is 4.28. The molecule has 0 radical (unpaired) electrons. The van der Waals surface area contributed by atoms with Crippen LogP contribution in [-0.4, -0.2) is 28.1 Å². The summed E-state index contributed by atoms with van der Waals surface area (Å²) in [7, 11) is 1.14. The van der Waals surface area contributed by atoms with Crippen LogP contribution >= 0.6 is 0 Å². The molecule has 0 spiro atoms. The molecule has 0 fully saturated rings. The van der Waals surface area contributed by atoms with E-state index in [1.165, 1.54) is 12.4 Å². The normalized spacial score (nSPS) is 10.3. The summed E-state index contributed by atoms with van der Waals surface area (Å²) in [6, 6.07) is 1.58. The van der Waals surface area contributed by atoms with Crippen molar-refractivity contribution in [3.8, 4) is 5.69 Å². The van der Waals surface area contributed by atoms with Crippen LogP contribution in [0.1, 0.15) is 10.4 Å². The predicted octanol–water partition coefficient (Wildman–Crippen LogP) is 1.33. The van der Waals surface area contributed by atoms with Crippen LogP contribution in [0.4, 0.5) is 8.78 Å². The van der Waals surface area contributed by atoms with Crippen molar-refractivity contribution in [1.29, 1.82) is 0 Å². The molecule has 0 saturated heterocycles. The Kier molecular flexibility index (Phi) is 2.82. The standard InChI is InChI=1S/C10H7F2N3O2/c1-17-10(16)6-4-7(11)8(12)5-9(6)15-13-2-3-14-15/h2-5H,1H3. The maximum atomic E-state index is 13.1. The molecule has 0 aliphatic rings. The highest BCUT2D eigenvalue weighted by atomic mass is 19.2. The van der Waals surface area contributed by atoms with Crippen molar-refractivity contribution in [2.75, 3.05) is 7.11 Å². The van der Waals surface area contributed by atoms with Crippen LogP contribution in [0.2, 0.25) is 0 Å². The molecule has 0 bridgehead atoms. The van der Waals surface area contributed by atoms with Gasteiger partial charge in [-0.3, -0.25) is 0 Å². The van der Waals surface area contributed by atoms with Crippen LogP contribution in [0.15, 0.2) is 24.5 Å². The Balaban J connectivity index is 2.64. The van der Waals surface area contributed by atoms with E-state index >= 15 is 0 Å². The number of hydrogen-bond acceptors (Lipinski definition) is 4. The van der Waals surface area contributed by atoms with E-state index < -0.39 is 17.6 Å². The Labute approximate surface area is 94.6 Å². The molecule has 0 aliphatic heterocycles. The van der Waals surface area contributed by atoms with Gasteiger partial charge in [0.05, 0.1) is 25.1 Å². The largest absolute Gasteiger partial charge is 0.465 e. The van der Waals surface area contributed by atoms with E-state index in [0.29, 0.717) is 0 Å². The van der Waals surface area contributed by atoms with Crippen molar-refractivity contribution in [1.82, 2.24) is 15.0 Å². The maximum Gasteiger partial charge on any atom is 0.340 e. The van der Waals surface area contributed by atoms with Crippen LogP contribution in [0.3, 0.4) is 0 Å². The van der Waals surface area contributed by atoms with E-state index in [0.717, 1.165) is 24.0 Å². The summed E-state index contributed by atoms with van der Waals surface area (Å²) in [5.74, 6) is -3.03. The van der Waals surface area contributed by atoms with E-state index in [9.17, 15) is 13.6 Å². The summed E-state index contributed by atoms with van der Waals surface area (Å²) in [6.45, 7) is 0. The van der Waals surface area contributed by atoms with Crippen molar-refractivity contribution in [3.63, 3.8) is 0 Å². The van der Waals surface area contributed by atoms with Gasteiger partial charge in [0.1, 0.15) is 5.69 Å². The van der Waals surface area contributed by atoms with E-state index in [1.54, 1.807) is 0 Å². The zero-order valence-electron chi connectivity index (χ0n) is 8.72. The fourth-order valence-electron chi connectivity index (χ4n) is 1.32. The highest BCUT2D eigenvalue weighted by molar-refractivity contribution is 5.93. The monoisotopic (exact) mass is 239 g/mol. The van der Waals surface area contributed by atoms with Gasteiger partial charge in [-0.1, -0.05) is 0 Å². The third kappa shape index (κ3) is 1.99. The van der Waals surface area contributed by atoms with Crippen molar-refractivity contribution < 1.29 is 18.3 Å². The van der Waals surface area contributed by atoms with E-state index in [4.69, 9.17) is 0 Å². The summed E-state index contributed by atoms with van der Waals surface area (Å²) < 4.78 is 30.7. The van der Waals surface area contributed by atoms with Gasteiger partial charge in [0.2, 0.25) is 0 Å². The Bertz CT molecular complexity index is 555. The minimum Gasteiger partial charge on any atom is -0.465 e. The topological polar surface area (TPSA) is 57.0 Å². The lowest BCUT2D eigenvalue weighted by molar-refractivity contribution is 0.0599. The Hall–Kier alpha value is -2.31. The quantitative estimate of drug-likeness (QED) is 0.742. The third-order valence-electron chi connectivity index (χ3n) is 2.08. The van der Waals surface area contributed by atoms with Crippen LogP contribution in [0.25, 0.3) is 5.69 Å². The number of aromatic nitrogens is 3. The number of carbonyl (C=O) groups is 1. The van der Waals surface area contributed by atoms with Gasteiger partial charge >= 0.3 is 5.97 Å². The summed E-state index contributed by atoms with van der Waals surface area (Å²) in [6.07, 6.45) is 2.70. The Morgan fingerprint density at radius 2 is 1.82 bits per heavy atom. The molecule has 0 N–H and O–H groups in total. The number of carbonyl (C=O) groups excluding carboxylic acids is 1. The van der Waals surface area contributed by atoms with E-state index in [-0.39, 0.29) is 11.3 Å². The number of halogens is 2. The highest BCUT2D eigenvalue weighted by Gasteiger charge is 2.18. The first-order valence-electron chi connectivity index (χ1n) is 4.57. The first-order valence-corrected chi connectivity index (χ1v) is 4.57. The van der Waals surface area contributed by atoms with Crippen LogP contribution in [0, 0.1) is 11.6 Å². The average Bonchev–Trinajstić information content (AvgIpc) is 2.84. The van der Waals surface area contributed by atoms with Gasteiger partial charge in [-0.2, -0.15) is 15.0 Å². The predicted molar refractivity (Wildman–Crippen MR) is 52.6 cm³/mol. The fraction of sp³-hybridized carbons (Fsp3) is 0.100. The van der Waals surface area contributed by atoms with Crippen molar-refractivity contribution in [2.24, 2.45) is 0 Å². The molecule has 88 valence electrons. The molecule has 1 aromatic heterocycles. The highest BCUT2D eigenvalue weighted by Crippen LogP contribution is 2.18. The fourth-order valence-corrected chi connectivity index (χ4v) is 1.32. The summed E-state index contributed by atoms with van der Waals surface area (Å²) in [4.78, 5) is 12.4. The van der Waals surface area contributed by atoms with Gasteiger partial charge in [0.15, 0.2) is 11.6 Å². The number of esters is 1. The molecule has 1 aromatic carbocycles. The Morgan fingerprint density at radius 3 is 2.41 bits per heavy atom. The molecule has 7 heteroatoms.